The Labute approximate surface area is 214 Å². The highest BCUT2D eigenvalue weighted by atomic mass is 127. The Hall–Kier alpha value is -1.85. The molecular weight excluding hydrogens is 533 g/mol. The van der Waals surface area contributed by atoms with Gasteiger partial charge in [-0.1, -0.05) is 12.1 Å². The average Bonchev–Trinajstić information content (AvgIpc) is 3.13. The SMILES string of the molecule is CCNC(=NCc1cccc(OCCN(C)C2CCOCC2)c1)NCc1nc(C)c(C)o1.I. The first-order valence-electron chi connectivity index (χ1n) is 11.5. The number of likely N-dealkylation sites (N-methyl/N-ethyl adjacent to an activating group) is 1. The zero-order valence-corrected chi connectivity index (χ0v) is 22.6. The molecule has 1 saturated heterocycles. The van der Waals surface area contributed by atoms with E-state index in [2.05, 4.69) is 44.7 Å². The molecule has 33 heavy (non-hydrogen) atoms. The monoisotopic (exact) mass is 571 g/mol. The van der Waals surface area contributed by atoms with Gasteiger partial charge >= 0.3 is 0 Å². The fourth-order valence-corrected chi connectivity index (χ4v) is 3.64. The van der Waals surface area contributed by atoms with Crippen LogP contribution in [-0.2, 0) is 17.8 Å². The minimum Gasteiger partial charge on any atom is -0.492 e. The van der Waals surface area contributed by atoms with Crippen molar-refractivity contribution in [2.24, 2.45) is 4.99 Å². The number of nitrogens with zero attached hydrogens (tertiary/aromatic N) is 3. The van der Waals surface area contributed by atoms with Gasteiger partial charge in [0.2, 0.25) is 5.89 Å². The van der Waals surface area contributed by atoms with E-state index in [-0.39, 0.29) is 24.0 Å². The van der Waals surface area contributed by atoms with Gasteiger partial charge < -0.3 is 24.5 Å². The van der Waals surface area contributed by atoms with E-state index in [4.69, 9.17) is 13.9 Å². The fourth-order valence-electron chi connectivity index (χ4n) is 3.64. The van der Waals surface area contributed by atoms with Crippen LogP contribution < -0.4 is 15.4 Å². The van der Waals surface area contributed by atoms with Crippen LogP contribution in [0, 0.1) is 13.8 Å². The molecule has 9 heteroatoms. The molecule has 1 aromatic heterocycles. The summed E-state index contributed by atoms with van der Waals surface area (Å²) in [6, 6.07) is 8.73. The maximum Gasteiger partial charge on any atom is 0.214 e. The minimum absolute atomic E-state index is 0. The minimum atomic E-state index is 0. The molecule has 0 amide bonds. The topological polar surface area (TPSA) is 84.2 Å². The second-order valence-electron chi connectivity index (χ2n) is 8.12. The van der Waals surface area contributed by atoms with Crippen molar-refractivity contribution in [2.45, 2.75) is 52.7 Å². The number of oxazole rings is 1. The molecule has 3 rings (SSSR count). The summed E-state index contributed by atoms with van der Waals surface area (Å²) in [5.41, 5.74) is 2.01. The molecule has 1 aliphatic rings. The van der Waals surface area contributed by atoms with Crippen LogP contribution in [0.2, 0.25) is 0 Å². The van der Waals surface area contributed by atoms with Crippen LogP contribution in [0.15, 0.2) is 33.7 Å². The van der Waals surface area contributed by atoms with Crippen molar-refractivity contribution < 1.29 is 13.9 Å². The van der Waals surface area contributed by atoms with Gasteiger partial charge in [0, 0.05) is 32.3 Å². The van der Waals surface area contributed by atoms with E-state index in [0.29, 0.717) is 31.6 Å². The van der Waals surface area contributed by atoms with Crippen molar-refractivity contribution in [1.29, 1.82) is 0 Å². The van der Waals surface area contributed by atoms with Crippen LogP contribution >= 0.6 is 24.0 Å². The van der Waals surface area contributed by atoms with E-state index in [9.17, 15) is 0 Å². The quantitative estimate of drug-likeness (QED) is 0.256. The Kier molecular flexibility index (Phi) is 12.0. The van der Waals surface area contributed by atoms with Crippen molar-refractivity contribution in [3.63, 3.8) is 0 Å². The van der Waals surface area contributed by atoms with Crippen LogP contribution in [0.1, 0.15) is 42.7 Å². The zero-order chi connectivity index (χ0) is 22.8. The normalized spacial score (nSPS) is 14.8. The summed E-state index contributed by atoms with van der Waals surface area (Å²) >= 11 is 0. The van der Waals surface area contributed by atoms with Crippen molar-refractivity contribution in [3.8, 4) is 5.75 Å². The zero-order valence-electron chi connectivity index (χ0n) is 20.2. The summed E-state index contributed by atoms with van der Waals surface area (Å²) < 4.78 is 17.1. The van der Waals surface area contributed by atoms with Crippen molar-refractivity contribution in [2.75, 3.05) is 40.0 Å². The number of guanidine groups is 1. The molecule has 184 valence electrons. The van der Waals surface area contributed by atoms with Gasteiger partial charge in [0.1, 0.15) is 18.1 Å². The molecule has 1 aliphatic heterocycles. The number of hydrogen-bond donors (Lipinski definition) is 2. The largest absolute Gasteiger partial charge is 0.492 e. The van der Waals surface area contributed by atoms with Gasteiger partial charge in [-0.05, 0) is 58.4 Å². The number of nitrogens with one attached hydrogen (secondary N) is 2. The molecule has 1 aromatic carbocycles. The third-order valence-corrected chi connectivity index (χ3v) is 5.67. The molecule has 2 N–H and O–H groups in total. The highest BCUT2D eigenvalue weighted by molar-refractivity contribution is 14.0. The number of benzene rings is 1. The van der Waals surface area contributed by atoms with Gasteiger partial charge in [-0.3, -0.25) is 4.90 Å². The molecule has 2 heterocycles. The molecule has 2 aromatic rings. The van der Waals surface area contributed by atoms with Gasteiger partial charge in [-0.15, -0.1) is 24.0 Å². The van der Waals surface area contributed by atoms with Crippen LogP contribution in [0.25, 0.3) is 0 Å². The second kappa shape index (κ2) is 14.4. The number of aliphatic imine (C=N–C) groups is 1. The highest BCUT2D eigenvalue weighted by Gasteiger charge is 2.18. The number of hydrogen-bond acceptors (Lipinski definition) is 6. The molecule has 8 nitrogen and oxygen atoms in total. The lowest BCUT2D eigenvalue weighted by Crippen LogP contribution is -2.38. The van der Waals surface area contributed by atoms with E-state index >= 15 is 0 Å². The summed E-state index contributed by atoms with van der Waals surface area (Å²) in [6.07, 6.45) is 2.20. The Morgan fingerprint density at radius 1 is 1.24 bits per heavy atom. The van der Waals surface area contributed by atoms with Gasteiger partial charge in [-0.25, -0.2) is 9.98 Å². The molecular formula is C24H38IN5O3. The molecule has 0 atom stereocenters. The summed E-state index contributed by atoms with van der Waals surface area (Å²) in [5.74, 6) is 3.11. The maximum atomic E-state index is 6.01. The molecule has 0 bridgehead atoms. The first-order valence-corrected chi connectivity index (χ1v) is 11.5. The predicted molar refractivity (Wildman–Crippen MR) is 141 cm³/mol. The summed E-state index contributed by atoms with van der Waals surface area (Å²) in [6.45, 7) is 11.0. The van der Waals surface area contributed by atoms with E-state index in [0.717, 1.165) is 67.9 Å². The summed E-state index contributed by atoms with van der Waals surface area (Å²) in [7, 11) is 2.17. The summed E-state index contributed by atoms with van der Waals surface area (Å²) in [4.78, 5) is 11.5. The van der Waals surface area contributed by atoms with Crippen molar-refractivity contribution in [3.05, 3.63) is 47.2 Å². The first kappa shape index (κ1) is 27.4. The number of rotatable bonds is 10. The molecule has 0 saturated carbocycles. The predicted octanol–water partition coefficient (Wildman–Crippen LogP) is 3.65. The van der Waals surface area contributed by atoms with Gasteiger partial charge in [-0.2, -0.15) is 0 Å². The number of aryl methyl sites for hydroxylation is 2. The maximum absolute atomic E-state index is 6.01. The molecule has 0 aliphatic carbocycles. The first-order chi connectivity index (χ1) is 15.5. The Morgan fingerprint density at radius 3 is 2.73 bits per heavy atom. The van der Waals surface area contributed by atoms with Crippen LogP contribution in [0.5, 0.6) is 5.75 Å². The van der Waals surface area contributed by atoms with E-state index in [1.165, 1.54) is 0 Å². The Morgan fingerprint density at radius 2 is 2.03 bits per heavy atom. The van der Waals surface area contributed by atoms with Gasteiger partial charge in [0.15, 0.2) is 5.96 Å². The third kappa shape index (κ3) is 9.13. The molecule has 0 unspecified atom stereocenters. The van der Waals surface area contributed by atoms with Crippen LogP contribution in [0.4, 0.5) is 0 Å². The van der Waals surface area contributed by atoms with Gasteiger partial charge in [0.25, 0.3) is 0 Å². The standard InChI is InChI=1S/C24H37N5O3.HI/c1-5-25-24(27-17-23-28-18(2)19(3)32-23)26-16-20-7-6-8-22(15-20)31-14-11-29(4)21-9-12-30-13-10-21;/h6-8,15,21H,5,9-14,16-17H2,1-4H3,(H2,25,26,27);1H. The Bertz CT molecular complexity index is 848. The number of aromatic nitrogens is 1. The molecule has 0 spiro atoms. The summed E-state index contributed by atoms with van der Waals surface area (Å²) in [5, 5.41) is 6.54. The van der Waals surface area contributed by atoms with Crippen LogP contribution in [0.3, 0.4) is 0 Å². The second-order valence-corrected chi connectivity index (χ2v) is 8.12. The van der Waals surface area contributed by atoms with Crippen molar-refractivity contribution >= 4 is 29.9 Å². The lowest BCUT2D eigenvalue weighted by Gasteiger charge is -2.31. The van der Waals surface area contributed by atoms with E-state index < -0.39 is 0 Å². The number of halogens is 1. The number of ether oxygens (including phenoxy) is 2. The molecule has 1 fully saturated rings. The van der Waals surface area contributed by atoms with Crippen molar-refractivity contribution in [1.82, 2.24) is 20.5 Å². The molecule has 0 radical (unpaired) electrons. The smallest absolute Gasteiger partial charge is 0.214 e. The average molecular weight is 572 g/mol. The van der Waals surface area contributed by atoms with E-state index in [1.54, 1.807) is 0 Å². The highest BCUT2D eigenvalue weighted by Crippen LogP contribution is 2.16. The fraction of sp³-hybridized carbons (Fsp3) is 0.583. The Balaban J connectivity index is 0.00000385. The third-order valence-electron chi connectivity index (χ3n) is 5.67. The van der Waals surface area contributed by atoms with Gasteiger partial charge in [0.05, 0.1) is 18.8 Å². The lowest BCUT2D eigenvalue weighted by atomic mass is 10.1. The van der Waals surface area contributed by atoms with E-state index in [1.807, 2.05) is 32.9 Å². The van der Waals surface area contributed by atoms with Crippen LogP contribution in [-0.4, -0.2) is 61.8 Å². The lowest BCUT2D eigenvalue weighted by molar-refractivity contribution is 0.0392.